The summed E-state index contributed by atoms with van der Waals surface area (Å²) in [6, 6.07) is 45.0. The predicted molar refractivity (Wildman–Crippen MR) is 220 cm³/mol. The third kappa shape index (κ3) is 5.34. The van der Waals surface area contributed by atoms with Gasteiger partial charge in [0.25, 0.3) is 0 Å². The Morgan fingerprint density at radius 2 is 1.27 bits per heavy atom. The highest BCUT2D eigenvalue weighted by molar-refractivity contribution is 6.11. The predicted octanol–water partition coefficient (Wildman–Crippen LogP) is 14.0. The van der Waals surface area contributed by atoms with E-state index in [1.54, 1.807) is 0 Å². The van der Waals surface area contributed by atoms with Crippen LogP contribution in [0, 0.1) is 0 Å². The fraction of sp³-hybridized carbons (Fsp3) is 0.120. The summed E-state index contributed by atoms with van der Waals surface area (Å²) >= 11 is 0. The summed E-state index contributed by atoms with van der Waals surface area (Å²) < 4.78 is 6.31. The average Bonchev–Trinajstić information content (AvgIpc) is 3.61. The second-order valence-electron chi connectivity index (χ2n) is 14.2. The van der Waals surface area contributed by atoms with E-state index >= 15 is 0 Å². The zero-order valence-corrected chi connectivity index (χ0v) is 29.2. The van der Waals surface area contributed by atoms with Gasteiger partial charge in [-0.3, -0.25) is 0 Å². The van der Waals surface area contributed by atoms with E-state index in [-0.39, 0.29) is 0 Å². The Bertz CT molecular complexity index is 2610. The summed E-state index contributed by atoms with van der Waals surface area (Å²) in [6.45, 7) is 0. The van der Waals surface area contributed by atoms with Crippen LogP contribution in [-0.4, -0.2) is 0 Å². The largest absolute Gasteiger partial charge is 0.460 e. The summed E-state index contributed by atoms with van der Waals surface area (Å²) in [5, 5.41) is 3.71. The quantitative estimate of drug-likeness (QED) is 0.175. The van der Waals surface area contributed by atoms with Crippen LogP contribution >= 0.6 is 0 Å². The third-order valence-electron chi connectivity index (χ3n) is 11.0. The maximum Gasteiger partial charge on any atom is 0.135 e. The summed E-state index contributed by atoms with van der Waals surface area (Å²) in [7, 11) is 0. The molecule has 1 heterocycles. The second kappa shape index (κ2) is 12.9. The molecule has 0 spiro atoms. The van der Waals surface area contributed by atoms with Gasteiger partial charge in [0.15, 0.2) is 0 Å². The van der Waals surface area contributed by atoms with Crippen molar-refractivity contribution >= 4 is 56.5 Å². The molecule has 7 aromatic rings. The van der Waals surface area contributed by atoms with Gasteiger partial charge in [-0.25, -0.2) is 0 Å². The molecule has 0 atom stereocenters. The van der Waals surface area contributed by atoms with Crippen molar-refractivity contribution < 1.29 is 4.42 Å². The van der Waals surface area contributed by atoms with Gasteiger partial charge in [-0.15, -0.1) is 0 Å². The van der Waals surface area contributed by atoms with Crippen molar-refractivity contribution in [1.82, 2.24) is 0 Å². The van der Waals surface area contributed by atoms with Crippen LogP contribution in [-0.2, 0) is 12.8 Å². The van der Waals surface area contributed by atoms with Gasteiger partial charge in [-0.05, 0) is 124 Å². The van der Waals surface area contributed by atoms with E-state index in [0.717, 1.165) is 61.2 Å². The average molecular weight is 670 g/mol. The number of allylic oxidation sites excluding steroid dienone is 6. The summed E-state index contributed by atoms with van der Waals surface area (Å²) in [4.78, 5) is 2.42. The molecule has 0 unspecified atom stereocenters. The number of para-hydroxylation sites is 1. The van der Waals surface area contributed by atoms with Crippen molar-refractivity contribution in [3.8, 4) is 22.3 Å². The maximum absolute atomic E-state index is 6.31. The topological polar surface area (TPSA) is 16.4 Å². The van der Waals surface area contributed by atoms with E-state index in [1.165, 1.54) is 71.9 Å². The van der Waals surface area contributed by atoms with Crippen LogP contribution in [0.1, 0.15) is 53.7 Å². The highest BCUT2D eigenvalue weighted by Crippen LogP contribution is 2.43. The number of hydrogen-bond acceptors (Lipinski definition) is 2. The number of hydrogen-bond donors (Lipinski definition) is 0. The smallest absolute Gasteiger partial charge is 0.135 e. The number of rotatable bonds is 6. The molecule has 2 nitrogen and oxygen atoms in total. The lowest BCUT2D eigenvalue weighted by atomic mass is 9.89. The Labute approximate surface area is 305 Å². The first-order valence-corrected chi connectivity index (χ1v) is 18.7. The summed E-state index contributed by atoms with van der Waals surface area (Å²) in [6.07, 6.45) is 22.4. The highest BCUT2D eigenvalue weighted by atomic mass is 16.3. The van der Waals surface area contributed by atoms with Crippen LogP contribution in [0.15, 0.2) is 156 Å². The first-order valence-electron chi connectivity index (χ1n) is 18.7. The minimum absolute atomic E-state index is 0.963. The van der Waals surface area contributed by atoms with Crippen LogP contribution in [0.3, 0.4) is 0 Å². The molecule has 2 heteroatoms. The number of fused-ring (bicyclic) bond motifs is 6. The summed E-state index contributed by atoms with van der Waals surface area (Å²) in [5.41, 5.74) is 16.0. The van der Waals surface area contributed by atoms with E-state index in [9.17, 15) is 0 Å². The number of nitrogens with zero attached hydrogens (tertiary/aromatic N) is 1. The van der Waals surface area contributed by atoms with Crippen LogP contribution < -0.4 is 4.90 Å². The minimum atomic E-state index is 0.963. The number of anilines is 3. The van der Waals surface area contributed by atoms with Gasteiger partial charge in [0.05, 0.1) is 5.69 Å². The number of aryl methyl sites for hydroxylation is 1. The molecule has 0 fully saturated rings. The maximum atomic E-state index is 6.31. The first kappa shape index (κ1) is 30.7. The minimum Gasteiger partial charge on any atom is -0.460 e. The van der Waals surface area contributed by atoms with Gasteiger partial charge < -0.3 is 9.32 Å². The Kier molecular flexibility index (Phi) is 7.61. The fourth-order valence-electron chi connectivity index (χ4n) is 8.44. The molecule has 0 N–H and O–H groups in total. The SMILES string of the molecule is C1=CC(c2ccccc2N(c2ccc(-c3ccc4ccc5oc6c(c5c4c3)C=CCC6)cc2)c2ccc(-c3cccc4c3CCC=C4)cc2)=CCC1. The molecule has 0 aliphatic heterocycles. The van der Waals surface area contributed by atoms with Crippen molar-refractivity contribution in [3.63, 3.8) is 0 Å². The Morgan fingerprint density at radius 1 is 0.538 bits per heavy atom. The molecule has 0 saturated carbocycles. The second-order valence-corrected chi connectivity index (χ2v) is 14.2. The fourth-order valence-corrected chi connectivity index (χ4v) is 8.44. The van der Waals surface area contributed by atoms with Gasteiger partial charge in [0.1, 0.15) is 11.3 Å². The van der Waals surface area contributed by atoms with Gasteiger partial charge >= 0.3 is 0 Å². The lowest BCUT2D eigenvalue weighted by Gasteiger charge is -2.29. The van der Waals surface area contributed by atoms with Crippen molar-refractivity contribution in [2.45, 2.75) is 38.5 Å². The van der Waals surface area contributed by atoms with Crippen molar-refractivity contribution in [2.75, 3.05) is 4.90 Å². The lowest BCUT2D eigenvalue weighted by molar-refractivity contribution is 0.546. The molecule has 52 heavy (non-hydrogen) atoms. The van der Waals surface area contributed by atoms with E-state index in [2.05, 4.69) is 169 Å². The molecule has 0 bridgehead atoms. The molecular formula is C50H39NO. The molecule has 0 radical (unpaired) electrons. The normalized spacial score (nSPS) is 14.7. The lowest BCUT2D eigenvalue weighted by Crippen LogP contribution is -2.12. The molecule has 0 saturated heterocycles. The monoisotopic (exact) mass is 669 g/mol. The van der Waals surface area contributed by atoms with E-state index in [4.69, 9.17) is 4.42 Å². The first-order chi connectivity index (χ1) is 25.8. The standard InChI is InChI=1S/C50H39NO/c1-2-11-36(12-3-1)44-16-6-8-19-47(44)51(41-30-25-37(26-31-41)43-18-10-14-35-13-4-5-15-42(35)43)40-28-23-34(24-29-40)39-22-21-38-27-32-49-50(46(38)33-39)45-17-7-9-20-48(45)52-49/h2,4,6-8,10-14,16-19,21-33H,1,3,5,9,15,20H2. The van der Waals surface area contributed by atoms with E-state index in [0.29, 0.717) is 0 Å². The number of benzene rings is 6. The molecule has 0 amide bonds. The zero-order valence-electron chi connectivity index (χ0n) is 29.2. The van der Waals surface area contributed by atoms with E-state index < -0.39 is 0 Å². The van der Waals surface area contributed by atoms with Gasteiger partial charge in [-0.1, -0.05) is 121 Å². The van der Waals surface area contributed by atoms with Crippen LogP contribution in [0.5, 0.6) is 0 Å². The molecular weight excluding hydrogens is 631 g/mol. The zero-order chi connectivity index (χ0) is 34.4. The van der Waals surface area contributed by atoms with Crippen LogP contribution in [0.4, 0.5) is 17.1 Å². The Morgan fingerprint density at radius 3 is 2.12 bits per heavy atom. The van der Waals surface area contributed by atoms with Crippen molar-refractivity contribution in [2.24, 2.45) is 0 Å². The molecule has 10 rings (SSSR count). The van der Waals surface area contributed by atoms with Crippen LogP contribution in [0.2, 0.25) is 0 Å². The Balaban J connectivity index is 1.07. The number of furan rings is 1. The molecule has 6 aromatic carbocycles. The molecule has 3 aliphatic rings. The van der Waals surface area contributed by atoms with Crippen LogP contribution in [0.25, 0.3) is 61.7 Å². The Hall–Kier alpha value is -6.12. The van der Waals surface area contributed by atoms with Gasteiger partial charge in [-0.2, -0.15) is 0 Å². The molecule has 3 aliphatic carbocycles. The molecule has 1 aromatic heterocycles. The van der Waals surface area contributed by atoms with Crippen molar-refractivity contribution in [3.05, 3.63) is 180 Å². The van der Waals surface area contributed by atoms with Gasteiger partial charge in [0.2, 0.25) is 0 Å². The van der Waals surface area contributed by atoms with Crippen molar-refractivity contribution in [1.29, 1.82) is 0 Å². The highest BCUT2D eigenvalue weighted by Gasteiger charge is 2.20. The van der Waals surface area contributed by atoms with Gasteiger partial charge in [0, 0.05) is 34.3 Å². The van der Waals surface area contributed by atoms with E-state index in [1.807, 2.05) is 0 Å². The molecule has 250 valence electrons. The summed E-state index contributed by atoms with van der Waals surface area (Å²) in [5.74, 6) is 1.10. The third-order valence-corrected chi connectivity index (χ3v) is 11.0.